The summed E-state index contributed by atoms with van der Waals surface area (Å²) < 4.78 is 13.3. The molecule has 0 saturated heterocycles. The average Bonchev–Trinajstić information content (AvgIpc) is 2.48. The topological polar surface area (TPSA) is 49.3 Å². The molecular formula is C16H16FNO2. The maximum absolute atomic E-state index is 13.3. The highest BCUT2D eigenvalue weighted by Gasteiger charge is 2.20. The van der Waals surface area contributed by atoms with Gasteiger partial charge in [0, 0.05) is 0 Å². The maximum Gasteiger partial charge on any atom is 0.251 e. The number of nitrogens with one attached hydrogen (secondary N) is 1. The summed E-state index contributed by atoms with van der Waals surface area (Å²) in [6.07, 6.45) is 0.400. The molecule has 0 radical (unpaired) electrons. The van der Waals surface area contributed by atoms with E-state index in [1.54, 1.807) is 24.5 Å². The summed E-state index contributed by atoms with van der Waals surface area (Å²) in [6.45, 7) is 1.68. The Morgan fingerprint density at radius 3 is 2.55 bits per heavy atom. The van der Waals surface area contributed by atoms with Crippen molar-refractivity contribution in [1.29, 1.82) is 0 Å². The largest absolute Gasteiger partial charge is 0.289 e. The van der Waals surface area contributed by atoms with Gasteiger partial charge < -0.3 is 0 Å². The van der Waals surface area contributed by atoms with Crippen molar-refractivity contribution in [2.45, 2.75) is 19.3 Å². The first-order chi connectivity index (χ1) is 9.61. The van der Waals surface area contributed by atoms with Crippen LogP contribution in [0.4, 0.5) is 4.39 Å². The molecule has 1 amide bonds. The zero-order valence-electron chi connectivity index (χ0n) is 11.1. The fourth-order valence-corrected chi connectivity index (χ4v) is 2.19. The van der Waals surface area contributed by atoms with E-state index in [2.05, 4.69) is 0 Å². The van der Waals surface area contributed by atoms with Gasteiger partial charge in [0.25, 0.3) is 5.91 Å². The molecule has 0 heterocycles. The molecule has 1 atom stereocenters. The molecule has 4 heteroatoms. The Morgan fingerprint density at radius 1 is 1.25 bits per heavy atom. The molecule has 20 heavy (non-hydrogen) atoms. The van der Waals surface area contributed by atoms with Gasteiger partial charge in [-0.1, -0.05) is 42.5 Å². The van der Waals surface area contributed by atoms with Crippen LogP contribution in [-0.4, -0.2) is 11.1 Å². The van der Waals surface area contributed by atoms with Crippen molar-refractivity contribution >= 4 is 5.91 Å². The van der Waals surface area contributed by atoms with Crippen LogP contribution in [-0.2, 0) is 11.2 Å². The molecule has 0 spiro atoms. The number of aryl methyl sites for hydroxylation is 1. The Morgan fingerprint density at radius 2 is 1.95 bits per heavy atom. The second-order valence-corrected chi connectivity index (χ2v) is 4.73. The van der Waals surface area contributed by atoms with E-state index in [1.165, 1.54) is 6.07 Å². The molecule has 2 aromatic rings. The van der Waals surface area contributed by atoms with E-state index >= 15 is 0 Å². The van der Waals surface area contributed by atoms with E-state index in [-0.39, 0.29) is 5.82 Å². The van der Waals surface area contributed by atoms with Gasteiger partial charge in [0.2, 0.25) is 0 Å². The van der Waals surface area contributed by atoms with Gasteiger partial charge in [-0.15, -0.1) is 0 Å². The van der Waals surface area contributed by atoms with Gasteiger partial charge in [0.15, 0.2) is 0 Å². The summed E-state index contributed by atoms with van der Waals surface area (Å²) in [4.78, 5) is 11.8. The molecule has 0 aromatic heterocycles. The smallest absolute Gasteiger partial charge is 0.251 e. The highest BCUT2D eigenvalue weighted by molar-refractivity contribution is 5.82. The highest BCUT2D eigenvalue weighted by Crippen LogP contribution is 2.22. The number of halogens is 1. The van der Waals surface area contributed by atoms with Gasteiger partial charge >= 0.3 is 0 Å². The van der Waals surface area contributed by atoms with Gasteiger partial charge in [-0.05, 0) is 36.1 Å². The van der Waals surface area contributed by atoms with Crippen molar-refractivity contribution in [3.63, 3.8) is 0 Å². The van der Waals surface area contributed by atoms with Crippen LogP contribution in [0.2, 0.25) is 0 Å². The van der Waals surface area contributed by atoms with Crippen LogP contribution in [0.3, 0.4) is 0 Å². The zero-order chi connectivity index (χ0) is 14.5. The van der Waals surface area contributed by atoms with Crippen molar-refractivity contribution in [2.24, 2.45) is 0 Å². The SMILES string of the molecule is Cc1cc(CC(C(=O)NO)c2ccccc2)ccc1F. The standard InChI is InChI=1S/C16H16FNO2/c1-11-9-12(7-8-15(11)17)10-14(16(19)18-20)13-5-3-2-4-6-13/h2-9,14,20H,10H2,1H3,(H,18,19). The van der Waals surface area contributed by atoms with Crippen LogP contribution < -0.4 is 5.48 Å². The minimum absolute atomic E-state index is 0.267. The van der Waals surface area contributed by atoms with E-state index in [0.717, 1.165) is 11.1 Å². The average molecular weight is 273 g/mol. The van der Waals surface area contributed by atoms with E-state index in [0.29, 0.717) is 12.0 Å². The number of benzene rings is 2. The van der Waals surface area contributed by atoms with Crippen molar-refractivity contribution in [3.05, 3.63) is 71.0 Å². The number of amides is 1. The molecule has 0 aliphatic rings. The normalized spacial score (nSPS) is 11.9. The minimum atomic E-state index is -0.508. The highest BCUT2D eigenvalue weighted by atomic mass is 19.1. The van der Waals surface area contributed by atoms with E-state index in [1.807, 2.05) is 30.3 Å². The lowest BCUT2D eigenvalue weighted by atomic mass is 9.91. The lowest BCUT2D eigenvalue weighted by Gasteiger charge is -2.15. The Bertz CT molecular complexity index is 599. The Balaban J connectivity index is 2.28. The van der Waals surface area contributed by atoms with Crippen LogP contribution >= 0.6 is 0 Å². The first-order valence-corrected chi connectivity index (χ1v) is 6.35. The van der Waals surface area contributed by atoms with Gasteiger partial charge in [0.1, 0.15) is 5.82 Å². The number of rotatable bonds is 4. The molecule has 2 aromatic carbocycles. The number of hydrogen-bond acceptors (Lipinski definition) is 2. The molecule has 2 N–H and O–H groups in total. The summed E-state index contributed by atoms with van der Waals surface area (Å²) in [7, 11) is 0. The van der Waals surface area contributed by atoms with E-state index < -0.39 is 11.8 Å². The third-order valence-corrected chi connectivity index (χ3v) is 3.29. The van der Waals surface area contributed by atoms with Crippen LogP contribution in [0.1, 0.15) is 22.6 Å². The van der Waals surface area contributed by atoms with E-state index in [4.69, 9.17) is 5.21 Å². The number of carbonyl (C=O) groups excluding carboxylic acids is 1. The van der Waals surface area contributed by atoms with Crippen LogP contribution in [0, 0.1) is 12.7 Å². The summed E-state index contributed by atoms with van der Waals surface area (Å²) in [5.41, 5.74) is 3.89. The molecule has 1 unspecified atom stereocenters. The van der Waals surface area contributed by atoms with Crippen molar-refractivity contribution < 1.29 is 14.4 Å². The first-order valence-electron chi connectivity index (χ1n) is 6.35. The fourth-order valence-electron chi connectivity index (χ4n) is 2.19. The molecule has 0 aliphatic carbocycles. The lowest BCUT2D eigenvalue weighted by molar-refractivity contribution is -0.130. The molecular weight excluding hydrogens is 257 g/mol. The summed E-state index contributed by atoms with van der Waals surface area (Å²) in [5, 5.41) is 8.88. The molecule has 0 bridgehead atoms. The number of carbonyl (C=O) groups is 1. The quantitative estimate of drug-likeness (QED) is 0.664. The molecule has 104 valence electrons. The lowest BCUT2D eigenvalue weighted by Crippen LogP contribution is -2.27. The van der Waals surface area contributed by atoms with Crippen LogP contribution in [0.25, 0.3) is 0 Å². The van der Waals surface area contributed by atoms with Crippen molar-refractivity contribution in [1.82, 2.24) is 5.48 Å². The zero-order valence-corrected chi connectivity index (χ0v) is 11.1. The second-order valence-electron chi connectivity index (χ2n) is 4.73. The summed E-state index contributed by atoms with van der Waals surface area (Å²) in [6, 6.07) is 14.0. The minimum Gasteiger partial charge on any atom is -0.289 e. The Hall–Kier alpha value is -2.20. The predicted molar refractivity (Wildman–Crippen MR) is 74.0 cm³/mol. The Labute approximate surface area is 117 Å². The third kappa shape index (κ3) is 3.22. The molecule has 0 aliphatic heterocycles. The molecule has 0 fully saturated rings. The van der Waals surface area contributed by atoms with Crippen molar-refractivity contribution in [3.8, 4) is 0 Å². The second kappa shape index (κ2) is 6.30. The number of hydroxylamine groups is 1. The monoisotopic (exact) mass is 273 g/mol. The van der Waals surface area contributed by atoms with Crippen LogP contribution in [0.5, 0.6) is 0 Å². The van der Waals surface area contributed by atoms with Gasteiger partial charge in [-0.25, -0.2) is 9.87 Å². The molecule has 3 nitrogen and oxygen atoms in total. The van der Waals surface area contributed by atoms with Crippen molar-refractivity contribution in [2.75, 3.05) is 0 Å². The maximum atomic E-state index is 13.3. The Kier molecular flexibility index (Phi) is 4.48. The number of hydrogen-bond donors (Lipinski definition) is 2. The molecule has 0 saturated carbocycles. The first kappa shape index (κ1) is 14.2. The summed E-state index contributed by atoms with van der Waals surface area (Å²) >= 11 is 0. The van der Waals surface area contributed by atoms with Gasteiger partial charge in [-0.3, -0.25) is 10.0 Å². The van der Waals surface area contributed by atoms with Crippen LogP contribution in [0.15, 0.2) is 48.5 Å². The van der Waals surface area contributed by atoms with E-state index in [9.17, 15) is 9.18 Å². The molecule has 2 rings (SSSR count). The third-order valence-electron chi connectivity index (χ3n) is 3.29. The fraction of sp³-hybridized carbons (Fsp3) is 0.188. The van der Waals surface area contributed by atoms with Gasteiger partial charge in [0.05, 0.1) is 5.92 Å². The van der Waals surface area contributed by atoms with Gasteiger partial charge in [-0.2, -0.15) is 0 Å². The summed E-state index contributed by atoms with van der Waals surface area (Å²) in [5.74, 6) is -1.25. The predicted octanol–water partition coefficient (Wildman–Crippen LogP) is 2.97.